The van der Waals surface area contributed by atoms with E-state index >= 15 is 0 Å². The Morgan fingerprint density at radius 3 is 3.00 bits per heavy atom. The number of nitrogens with zero attached hydrogens (tertiary/aromatic N) is 2. The number of hydrogen-bond donors (Lipinski definition) is 1. The van der Waals surface area contributed by atoms with Gasteiger partial charge in [-0.1, -0.05) is 0 Å². The number of nitriles is 1. The van der Waals surface area contributed by atoms with Crippen LogP contribution in [0.2, 0.25) is 0 Å². The lowest BCUT2D eigenvalue weighted by Gasteiger charge is -2.22. The van der Waals surface area contributed by atoms with Crippen molar-refractivity contribution in [1.82, 2.24) is 4.90 Å². The van der Waals surface area contributed by atoms with E-state index in [2.05, 4.69) is 0 Å². The molecule has 0 saturated heterocycles. The van der Waals surface area contributed by atoms with Gasteiger partial charge < -0.3 is 15.1 Å². The highest BCUT2D eigenvalue weighted by Gasteiger charge is 2.18. The Morgan fingerprint density at radius 2 is 2.50 bits per heavy atom. The van der Waals surface area contributed by atoms with E-state index in [0.717, 1.165) is 0 Å². The molecule has 2 N–H and O–H groups in total. The molecule has 16 heavy (non-hydrogen) atoms. The minimum absolute atomic E-state index is 0.174. The molecule has 1 rings (SSSR count). The summed E-state index contributed by atoms with van der Waals surface area (Å²) in [5.74, 6) is 0.513. The molecule has 86 valence electrons. The second-order valence-electron chi connectivity index (χ2n) is 3.54. The zero-order valence-electron chi connectivity index (χ0n) is 9.22. The van der Waals surface area contributed by atoms with Crippen molar-refractivity contribution in [3.05, 3.63) is 24.2 Å². The zero-order chi connectivity index (χ0) is 12.0. The van der Waals surface area contributed by atoms with Gasteiger partial charge in [0.25, 0.3) is 0 Å². The average Bonchev–Trinajstić information content (AvgIpc) is 2.75. The summed E-state index contributed by atoms with van der Waals surface area (Å²) in [6, 6.07) is 4.99. The molecule has 5 heteroatoms. The van der Waals surface area contributed by atoms with Gasteiger partial charge in [0.1, 0.15) is 5.76 Å². The third-order valence-corrected chi connectivity index (χ3v) is 2.12. The fourth-order valence-corrected chi connectivity index (χ4v) is 1.33. The number of carbonyl (C=O) groups excluding carboxylic acids is 1. The molecule has 1 heterocycles. The van der Waals surface area contributed by atoms with Gasteiger partial charge in [0.2, 0.25) is 5.91 Å². The maximum absolute atomic E-state index is 11.7. The lowest BCUT2D eigenvalue weighted by atomic mass is 10.2. The van der Waals surface area contributed by atoms with Crippen LogP contribution in [-0.2, 0) is 11.3 Å². The third-order valence-electron chi connectivity index (χ3n) is 2.12. The van der Waals surface area contributed by atoms with Crippen molar-refractivity contribution in [3.8, 4) is 6.07 Å². The summed E-state index contributed by atoms with van der Waals surface area (Å²) in [6.07, 6.45) is 1.84. The quantitative estimate of drug-likeness (QED) is 0.799. The Hall–Kier alpha value is -1.80. The van der Waals surface area contributed by atoms with Gasteiger partial charge >= 0.3 is 0 Å². The van der Waals surface area contributed by atoms with Crippen LogP contribution in [0.1, 0.15) is 19.1 Å². The molecule has 1 atom stereocenters. The maximum Gasteiger partial charge on any atom is 0.239 e. The van der Waals surface area contributed by atoms with Gasteiger partial charge in [0.15, 0.2) is 0 Å². The van der Waals surface area contributed by atoms with E-state index < -0.39 is 6.04 Å². The Kier molecular flexibility index (Phi) is 4.55. The fraction of sp³-hybridized carbons (Fsp3) is 0.455. The third kappa shape index (κ3) is 3.41. The van der Waals surface area contributed by atoms with Crippen LogP contribution in [0.3, 0.4) is 0 Å². The monoisotopic (exact) mass is 221 g/mol. The average molecular weight is 221 g/mol. The van der Waals surface area contributed by atoms with Crippen molar-refractivity contribution >= 4 is 5.91 Å². The normalized spacial score (nSPS) is 11.8. The van der Waals surface area contributed by atoms with Gasteiger partial charge in [-0.15, -0.1) is 0 Å². The molecule has 0 aromatic carbocycles. The Bertz CT molecular complexity index is 365. The largest absolute Gasteiger partial charge is 0.467 e. The Balaban J connectivity index is 2.64. The number of rotatable bonds is 5. The molecule has 0 bridgehead atoms. The first-order valence-corrected chi connectivity index (χ1v) is 5.09. The lowest BCUT2D eigenvalue weighted by molar-refractivity contribution is -0.133. The number of hydrogen-bond acceptors (Lipinski definition) is 4. The van der Waals surface area contributed by atoms with Gasteiger partial charge in [-0.2, -0.15) is 5.26 Å². The van der Waals surface area contributed by atoms with Crippen molar-refractivity contribution in [2.45, 2.75) is 25.9 Å². The van der Waals surface area contributed by atoms with Gasteiger partial charge in [-0.05, 0) is 19.1 Å². The lowest BCUT2D eigenvalue weighted by Crippen LogP contribution is -2.42. The number of amides is 1. The number of carbonyl (C=O) groups is 1. The fourth-order valence-electron chi connectivity index (χ4n) is 1.33. The molecule has 0 unspecified atom stereocenters. The number of furan rings is 1. The summed E-state index contributed by atoms with van der Waals surface area (Å²) < 4.78 is 5.16. The Labute approximate surface area is 94.4 Å². The van der Waals surface area contributed by atoms with Crippen LogP contribution < -0.4 is 5.73 Å². The van der Waals surface area contributed by atoms with Crippen LogP contribution in [0.15, 0.2) is 22.8 Å². The molecule has 0 fully saturated rings. The molecule has 0 aliphatic heterocycles. The van der Waals surface area contributed by atoms with Crippen LogP contribution >= 0.6 is 0 Å². The van der Waals surface area contributed by atoms with Crippen molar-refractivity contribution in [2.24, 2.45) is 5.73 Å². The van der Waals surface area contributed by atoms with Crippen LogP contribution in [0.5, 0.6) is 0 Å². The molecule has 5 nitrogen and oxygen atoms in total. The first kappa shape index (κ1) is 12.3. The molecule has 1 aromatic rings. The van der Waals surface area contributed by atoms with E-state index in [1.165, 1.54) is 4.90 Å². The van der Waals surface area contributed by atoms with E-state index in [1.807, 2.05) is 6.07 Å². The van der Waals surface area contributed by atoms with Crippen molar-refractivity contribution in [2.75, 3.05) is 6.54 Å². The van der Waals surface area contributed by atoms with Crippen LogP contribution in [-0.4, -0.2) is 23.4 Å². The smallest absolute Gasteiger partial charge is 0.239 e. The number of nitrogens with two attached hydrogens (primary N) is 1. The first-order valence-electron chi connectivity index (χ1n) is 5.09. The van der Waals surface area contributed by atoms with E-state index in [1.54, 1.807) is 25.3 Å². The molecular formula is C11H15N3O2. The first-order chi connectivity index (χ1) is 7.65. The summed E-state index contributed by atoms with van der Waals surface area (Å²) >= 11 is 0. The highest BCUT2D eigenvalue weighted by molar-refractivity contribution is 5.81. The topological polar surface area (TPSA) is 83.3 Å². The second kappa shape index (κ2) is 5.93. The highest BCUT2D eigenvalue weighted by Crippen LogP contribution is 2.07. The molecule has 0 aliphatic rings. The molecule has 0 radical (unpaired) electrons. The molecule has 0 saturated carbocycles. The summed E-state index contributed by atoms with van der Waals surface area (Å²) in [6.45, 7) is 2.36. The molecule has 1 aromatic heterocycles. The van der Waals surface area contributed by atoms with Crippen LogP contribution in [0.4, 0.5) is 0 Å². The van der Waals surface area contributed by atoms with E-state index in [9.17, 15) is 4.79 Å². The van der Waals surface area contributed by atoms with Crippen molar-refractivity contribution in [3.63, 3.8) is 0 Å². The molecular weight excluding hydrogens is 206 g/mol. The molecule has 1 amide bonds. The maximum atomic E-state index is 11.7. The summed E-state index contributed by atoms with van der Waals surface area (Å²) in [5, 5.41) is 8.52. The molecule has 0 spiro atoms. The van der Waals surface area contributed by atoms with E-state index in [4.69, 9.17) is 15.4 Å². The van der Waals surface area contributed by atoms with Crippen molar-refractivity contribution in [1.29, 1.82) is 5.26 Å². The van der Waals surface area contributed by atoms with Crippen molar-refractivity contribution < 1.29 is 9.21 Å². The van der Waals surface area contributed by atoms with Gasteiger partial charge in [0, 0.05) is 6.54 Å². The van der Waals surface area contributed by atoms with E-state index in [-0.39, 0.29) is 5.91 Å². The SMILES string of the molecule is C[C@H](N)C(=O)N(CCC#N)Cc1ccco1. The summed E-state index contributed by atoms with van der Waals surface area (Å²) in [5.41, 5.74) is 5.53. The summed E-state index contributed by atoms with van der Waals surface area (Å²) in [4.78, 5) is 13.3. The van der Waals surface area contributed by atoms with E-state index in [0.29, 0.717) is 25.3 Å². The minimum atomic E-state index is -0.561. The Morgan fingerprint density at radius 1 is 1.75 bits per heavy atom. The summed E-state index contributed by atoms with van der Waals surface area (Å²) in [7, 11) is 0. The molecule has 0 aliphatic carbocycles. The van der Waals surface area contributed by atoms with Gasteiger partial charge in [0.05, 0.1) is 31.3 Å². The van der Waals surface area contributed by atoms with Gasteiger partial charge in [-0.25, -0.2) is 0 Å². The minimum Gasteiger partial charge on any atom is -0.467 e. The zero-order valence-corrected chi connectivity index (χ0v) is 9.22. The predicted octanol–water partition coefficient (Wildman–Crippen LogP) is 0.869. The van der Waals surface area contributed by atoms with Crippen LogP contribution in [0.25, 0.3) is 0 Å². The highest BCUT2D eigenvalue weighted by atomic mass is 16.3. The van der Waals surface area contributed by atoms with Crippen LogP contribution in [0, 0.1) is 11.3 Å². The standard InChI is InChI=1S/C11H15N3O2/c1-9(13)11(15)14(6-3-5-12)8-10-4-2-7-16-10/h2,4,7,9H,3,6,8,13H2,1H3/t9-/m0/s1. The predicted molar refractivity (Wildman–Crippen MR) is 58.0 cm³/mol. The second-order valence-corrected chi connectivity index (χ2v) is 3.54. The van der Waals surface area contributed by atoms with Gasteiger partial charge in [-0.3, -0.25) is 4.79 Å².